The second kappa shape index (κ2) is 4.92. The van der Waals surface area contributed by atoms with Crippen molar-refractivity contribution in [1.29, 1.82) is 0 Å². The van der Waals surface area contributed by atoms with Crippen LogP contribution in [0.2, 0.25) is 0 Å². The van der Waals surface area contributed by atoms with E-state index in [0.29, 0.717) is 0 Å². The Bertz CT molecular complexity index is 439. The minimum atomic E-state index is -0.919. The van der Waals surface area contributed by atoms with E-state index in [9.17, 15) is 9.59 Å². The lowest BCUT2D eigenvalue weighted by atomic mass is 9.92. The molecular weight excluding hydrogens is 226 g/mol. The van der Waals surface area contributed by atoms with E-state index in [1.165, 1.54) is 0 Å². The number of aldehydes is 1. The van der Waals surface area contributed by atoms with Crippen molar-refractivity contribution in [2.24, 2.45) is 5.41 Å². The van der Waals surface area contributed by atoms with Crippen LogP contribution in [0.15, 0.2) is 30.3 Å². The van der Waals surface area contributed by atoms with Gasteiger partial charge in [0, 0.05) is 6.54 Å². The van der Waals surface area contributed by atoms with Gasteiger partial charge in [-0.15, -0.1) is 0 Å². The van der Waals surface area contributed by atoms with Crippen LogP contribution >= 0.6 is 0 Å². The van der Waals surface area contributed by atoms with Crippen LogP contribution in [0.25, 0.3) is 0 Å². The minimum absolute atomic E-state index is 0.0659. The lowest BCUT2D eigenvalue weighted by Crippen LogP contribution is -2.41. The van der Waals surface area contributed by atoms with Gasteiger partial charge in [0.1, 0.15) is 6.29 Å². The Morgan fingerprint density at radius 3 is 2.61 bits per heavy atom. The van der Waals surface area contributed by atoms with Gasteiger partial charge in [0.25, 0.3) is 0 Å². The first-order valence-corrected chi connectivity index (χ1v) is 6.38. The Labute approximate surface area is 108 Å². The van der Waals surface area contributed by atoms with Crippen molar-refractivity contribution >= 4 is 12.2 Å². The Kier molecular flexibility index (Phi) is 3.50. The lowest BCUT2D eigenvalue weighted by molar-refractivity contribution is -0.144. The zero-order valence-corrected chi connectivity index (χ0v) is 10.9. The van der Waals surface area contributed by atoms with Gasteiger partial charge in [-0.1, -0.05) is 30.3 Å². The second-order valence-electron chi connectivity index (χ2n) is 5.41. The van der Waals surface area contributed by atoms with Crippen molar-refractivity contribution in [1.82, 2.24) is 4.90 Å². The molecular formula is C15H19NO2. The third-order valence-corrected chi connectivity index (χ3v) is 3.54. The zero-order valence-electron chi connectivity index (χ0n) is 10.9. The van der Waals surface area contributed by atoms with E-state index < -0.39 is 5.41 Å². The SMILES string of the molecule is CC(C)(C=O)C(=O)N1CCCC1c1ccccc1. The summed E-state index contributed by atoms with van der Waals surface area (Å²) >= 11 is 0. The molecule has 0 N–H and O–H groups in total. The van der Waals surface area contributed by atoms with E-state index in [-0.39, 0.29) is 11.9 Å². The molecule has 1 aliphatic rings. The summed E-state index contributed by atoms with van der Waals surface area (Å²) in [6.07, 6.45) is 2.72. The lowest BCUT2D eigenvalue weighted by Gasteiger charge is -2.30. The maximum absolute atomic E-state index is 12.4. The highest BCUT2D eigenvalue weighted by Gasteiger charge is 2.38. The molecule has 1 aliphatic heterocycles. The van der Waals surface area contributed by atoms with Crippen LogP contribution in [0.3, 0.4) is 0 Å². The summed E-state index contributed by atoms with van der Waals surface area (Å²) in [6, 6.07) is 10.2. The summed E-state index contributed by atoms with van der Waals surface area (Å²) in [4.78, 5) is 25.2. The minimum Gasteiger partial charge on any atom is -0.335 e. The molecule has 18 heavy (non-hydrogen) atoms. The van der Waals surface area contributed by atoms with Crippen LogP contribution in [0.4, 0.5) is 0 Å². The van der Waals surface area contributed by atoms with Crippen molar-refractivity contribution in [3.63, 3.8) is 0 Å². The normalized spacial score (nSPS) is 19.9. The van der Waals surface area contributed by atoms with Crippen LogP contribution in [0.5, 0.6) is 0 Å². The summed E-state index contributed by atoms with van der Waals surface area (Å²) in [7, 11) is 0. The monoisotopic (exact) mass is 245 g/mol. The van der Waals surface area contributed by atoms with Crippen molar-refractivity contribution in [2.45, 2.75) is 32.7 Å². The number of benzene rings is 1. The molecule has 0 spiro atoms. The molecule has 0 radical (unpaired) electrons. The van der Waals surface area contributed by atoms with Crippen molar-refractivity contribution in [3.05, 3.63) is 35.9 Å². The summed E-state index contributed by atoms with van der Waals surface area (Å²) in [5.41, 5.74) is 0.238. The van der Waals surface area contributed by atoms with Gasteiger partial charge in [0.15, 0.2) is 0 Å². The number of nitrogens with zero attached hydrogens (tertiary/aromatic N) is 1. The molecule has 3 nitrogen and oxygen atoms in total. The molecule has 2 rings (SSSR count). The molecule has 1 unspecified atom stereocenters. The average Bonchev–Trinajstić information content (AvgIpc) is 2.87. The van der Waals surface area contributed by atoms with Crippen LogP contribution in [0.1, 0.15) is 38.3 Å². The van der Waals surface area contributed by atoms with E-state index in [1.807, 2.05) is 35.2 Å². The quantitative estimate of drug-likeness (QED) is 0.606. The summed E-state index contributed by atoms with van der Waals surface area (Å²) in [6.45, 7) is 4.11. The van der Waals surface area contributed by atoms with Crippen LogP contribution in [-0.4, -0.2) is 23.6 Å². The number of amides is 1. The van der Waals surface area contributed by atoms with Gasteiger partial charge in [0.2, 0.25) is 5.91 Å². The summed E-state index contributed by atoms with van der Waals surface area (Å²) in [5.74, 6) is -0.0659. The highest BCUT2D eigenvalue weighted by atomic mass is 16.2. The van der Waals surface area contributed by atoms with Gasteiger partial charge in [-0.3, -0.25) is 4.79 Å². The van der Waals surface area contributed by atoms with Crippen LogP contribution in [0, 0.1) is 5.41 Å². The Hall–Kier alpha value is -1.64. The van der Waals surface area contributed by atoms with Gasteiger partial charge in [-0.2, -0.15) is 0 Å². The van der Waals surface area contributed by atoms with Crippen molar-refractivity contribution in [2.75, 3.05) is 6.54 Å². The van der Waals surface area contributed by atoms with Gasteiger partial charge in [0.05, 0.1) is 11.5 Å². The highest BCUT2D eigenvalue weighted by Crippen LogP contribution is 2.34. The largest absolute Gasteiger partial charge is 0.335 e. The zero-order chi connectivity index (χ0) is 13.2. The first-order chi connectivity index (χ1) is 8.56. The Morgan fingerprint density at radius 1 is 1.33 bits per heavy atom. The predicted molar refractivity (Wildman–Crippen MR) is 70.0 cm³/mol. The number of rotatable bonds is 3. The molecule has 0 saturated carbocycles. The highest BCUT2D eigenvalue weighted by molar-refractivity contribution is 5.96. The van der Waals surface area contributed by atoms with Crippen molar-refractivity contribution < 1.29 is 9.59 Å². The van der Waals surface area contributed by atoms with E-state index in [0.717, 1.165) is 31.2 Å². The molecule has 1 amide bonds. The number of carbonyl (C=O) groups is 2. The smallest absolute Gasteiger partial charge is 0.235 e. The molecule has 0 aliphatic carbocycles. The van der Waals surface area contributed by atoms with Gasteiger partial charge >= 0.3 is 0 Å². The van der Waals surface area contributed by atoms with E-state index >= 15 is 0 Å². The molecule has 1 atom stereocenters. The molecule has 0 bridgehead atoms. The fourth-order valence-electron chi connectivity index (χ4n) is 2.45. The topological polar surface area (TPSA) is 37.4 Å². The van der Waals surface area contributed by atoms with Gasteiger partial charge in [-0.05, 0) is 32.3 Å². The molecule has 1 heterocycles. The maximum Gasteiger partial charge on any atom is 0.235 e. The molecule has 1 aromatic rings. The fraction of sp³-hybridized carbons (Fsp3) is 0.467. The second-order valence-corrected chi connectivity index (χ2v) is 5.41. The standard InChI is InChI=1S/C15H19NO2/c1-15(2,11-17)14(18)16-10-6-9-13(16)12-7-4-3-5-8-12/h3-5,7-8,11,13H,6,9-10H2,1-2H3. The van der Waals surface area contributed by atoms with Gasteiger partial charge in [-0.25, -0.2) is 0 Å². The van der Waals surface area contributed by atoms with E-state index in [2.05, 4.69) is 0 Å². The Balaban J connectivity index is 2.23. The van der Waals surface area contributed by atoms with Crippen LogP contribution < -0.4 is 0 Å². The fourth-order valence-corrected chi connectivity index (χ4v) is 2.45. The summed E-state index contributed by atoms with van der Waals surface area (Å²) in [5, 5.41) is 0. The molecule has 1 saturated heterocycles. The maximum atomic E-state index is 12.4. The molecule has 1 aromatic carbocycles. The number of likely N-dealkylation sites (tertiary alicyclic amines) is 1. The van der Waals surface area contributed by atoms with Gasteiger partial charge < -0.3 is 9.69 Å². The average molecular weight is 245 g/mol. The predicted octanol–water partition coefficient (Wildman–Crippen LogP) is 2.58. The number of carbonyl (C=O) groups excluding carboxylic acids is 2. The molecule has 96 valence electrons. The third kappa shape index (κ3) is 2.30. The summed E-state index contributed by atoms with van der Waals surface area (Å²) < 4.78 is 0. The van der Waals surface area contributed by atoms with E-state index in [4.69, 9.17) is 0 Å². The molecule has 1 fully saturated rings. The molecule has 0 aromatic heterocycles. The van der Waals surface area contributed by atoms with E-state index in [1.54, 1.807) is 13.8 Å². The number of hydrogen-bond acceptors (Lipinski definition) is 2. The van der Waals surface area contributed by atoms with Crippen molar-refractivity contribution in [3.8, 4) is 0 Å². The first-order valence-electron chi connectivity index (χ1n) is 6.38. The first kappa shape index (κ1) is 12.8. The number of hydrogen-bond donors (Lipinski definition) is 0. The molecule has 3 heteroatoms. The third-order valence-electron chi connectivity index (χ3n) is 3.54. The van der Waals surface area contributed by atoms with Crippen LogP contribution in [-0.2, 0) is 9.59 Å². The Morgan fingerprint density at radius 2 is 2.00 bits per heavy atom.